The van der Waals surface area contributed by atoms with Gasteiger partial charge in [-0.05, 0) is 32.0 Å². The molecule has 2 N–H and O–H groups in total. The minimum absolute atomic E-state index is 0.0514. The van der Waals surface area contributed by atoms with E-state index in [2.05, 4.69) is 5.32 Å². The minimum atomic E-state index is -0.726. The van der Waals surface area contributed by atoms with Crippen LogP contribution in [0.1, 0.15) is 12.8 Å². The van der Waals surface area contributed by atoms with Crippen LogP contribution in [0.25, 0.3) is 0 Å². The molecule has 0 aliphatic carbocycles. The van der Waals surface area contributed by atoms with Crippen LogP contribution in [0, 0.1) is 0 Å². The van der Waals surface area contributed by atoms with E-state index in [0.717, 1.165) is 13.1 Å². The molecule has 0 bridgehead atoms. The summed E-state index contributed by atoms with van der Waals surface area (Å²) in [6, 6.07) is 5.04. The molecule has 0 spiro atoms. The number of aliphatic hydroxyl groups is 1. The van der Waals surface area contributed by atoms with Gasteiger partial charge in [-0.1, -0.05) is 6.07 Å². The van der Waals surface area contributed by atoms with E-state index in [1.54, 1.807) is 16.8 Å². The lowest BCUT2D eigenvalue weighted by Gasteiger charge is -2.32. The van der Waals surface area contributed by atoms with Crippen molar-refractivity contribution >= 4 is 0 Å². The number of piperidine rings is 1. The van der Waals surface area contributed by atoms with Gasteiger partial charge in [0.15, 0.2) is 0 Å². The topological polar surface area (TPSA) is 54.3 Å². The average molecular weight is 208 g/mol. The second-order valence-electron chi connectivity index (χ2n) is 4.14. The van der Waals surface area contributed by atoms with E-state index in [4.69, 9.17) is 0 Å². The van der Waals surface area contributed by atoms with Gasteiger partial charge >= 0.3 is 0 Å². The van der Waals surface area contributed by atoms with Crippen molar-refractivity contribution < 1.29 is 5.11 Å². The fourth-order valence-corrected chi connectivity index (χ4v) is 1.96. The van der Waals surface area contributed by atoms with Crippen LogP contribution in [0.15, 0.2) is 29.2 Å². The van der Waals surface area contributed by atoms with Crippen LogP contribution in [0.4, 0.5) is 0 Å². The quantitative estimate of drug-likeness (QED) is 0.717. The summed E-state index contributed by atoms with van der Waals surface area (Å²) in [5.74, 6) is 0. The standard InChI is InChI=1S/C11H16N2O2/c14-10-3-1-2-8-13(10)9-11(15)4-6-12-7-5-11/h1-3,8,12,15H,4-7,9H2. The molecule has 1 saturated heterocycles. The molecule has 0 unspecified atom stereocenters. The smallest absolute Gasteiger partial charge is 0.250 e. The second-order valence-corrected chi connectivity index (χ2v) is 4.14. The van der Waals surface area contributed by atoms with Gasteiger partial charge in [0.05, 0.1) is 12.1 Å². The van der Waals surface area contributed by atoms with Gasteiger partial charge in [0, 0.05) is 12.3 Å². The Bertz CT molecular complexity index is 380. The molecule has 2 rings (SSSR count). The Morgan fingerprint density at radius 3 is 2.80 bits per heavy atom. The molecule has 1 aliphatic heterocycles. The Morgan fingerprint density at radius 2 is 2.13 bits per heavy atom. The van der Waals surface area contributed by atoms with Gasteiger partial charge in [-0.3, -0.25) is 4.79 Å². The first-order valence-corrected chi connectivity index (χ1v) is 5.28. The van der Waals surface area contributed by atoms with Crippen molar-refractivity contribution in [1.82, 2.24) is 9.88 Å². The molecule has 1 aliphatic rings. The zero-order chi connectivity index (χ0) is 10.7. The normalized spacial score (nSPS) is 20.1. The van der Waals surface area contributed by atoms with E-state index in [-0.39, 0.29) is 5.56 Å². The number of hydrogen-bond acceptors (Lipinski definition) is 3. The van der Waals surface area contributed by atoms with Crippen molar-refractivity contribution in [2.24, 2.45) is 0 Å². The summed E-state index contributed by atoms with van der Waals surface area (Å²) in [6.45, 7) is 2.03. The predicted molar refractivity (Wildman–Crippen MR) is 57.8 cm³/mol. The highest BCUT2D eigenvalue weighted by Crippen LogP contribution is 2.19. The average Bonchev–Trinajstić information content (AvgIpc) is 2.22. The van der Waals surface area contributed by atoms with Crippen molar-refractivity contribution in [1.29, 1.82) is 0 Å². The molecular weight excluding hydrogens is 192 g/mol. The largest absolute Gasteiger partial charge is 0.388 e. The van der Waals surface area contributed by atoms with E-state index in [0.29, 0.717) is 19.4 Å². The molecular formula is C11H16N2O2. The number of hydrogen-bond donors (Lipinski definition) is 2. The number of aromatic nitrogens is 1. The Morgan fingerprint density at radius 1 is 1.40 bits per heavy atom. The van der Waals surface area contributed by atoms with Gasteiger partial charge in [-0.25, -0.2) is 0 Å². The van der Waals surface area contributed by atoms with Crippen molar-refractivity contribution in [2.75, 3.05) is 13.1 Å². The molecule has 0 amide bonds. The molecule has 1 aromatic heterocycles. The van der Waals surface area contributed by atoms with Crippen molar-refractivity contribution in [3.05, 3.63) is 34.7 Å². The van der Waals surface area contributed by atoms with Gasteiger partial charge in [-0.2, -0.15) is 0 Å². The third kappa shape index (κ3) is 2.46. The second kappa shape index (κ2) is 4.16. The first-order valence-electron chi connectivity index (χ1n) is 5.28. The van der Waals surface area contributed by atoms with Crippen LogP contribution < -0.4 is 10.9 Å². The van der Waals surface area contributed by atoms with E-state index in [9.17, 15) is 9.90 Å². The molecule has 1 fully saturated rings. The molecule has 4 nitrogen and oxygen atoms in total. The summed E-state index contributed by atoms with van der Waals surface area (Å²) in [4.78, 5) is 11.5. The molecule has 2 heterocycles. The lowest BCUT2D eigenvalue weighted by molar-refractivity contribution is -0.00616. The van der Waals surface area contributed by atoms with Crippen molar-refractivity contribution in [2.45, 2.75) is 25.0 Å². The van der Waals surface area contributed by atoms with Crippen LogP contribution in [-0.2, 0) is 6.54 Å². The summed E-state index contributed by atoms with van der Waals surface area (Å²) in [5.41, 5.74) is -0.777. The third-order valence-corrected chi connectivity index (χ3v) is 2.90. The van der Waals surface area contributed by atoms with E-state index >= 15 is 0 Å². The highest BCUT2D eigenvalue weighted by Gasteiger charge is 2.29. The van der Waals surface area contributed by atoms with Gasteiger partial charge < -0.3 is 15.0 Å². The van der Waals surface area contributed by atoms with Crippen LogP contribution in [-0.4, -0.2) is 28.4 Å². The van der Waals surface area contributed by atoms with Crippen LogP contribution >= 0.6 is 0 Å². The Hall–Kier alpha value is -1.13. The van der Waals surface area contributed by atoms with Crippen LogP contribution in [0.3, 0.4) is 0 Å². The van der Waals surface area contributed by atoms with Gasteiger partial charge in [0.25, 0.3) is 5.56 Å². The first-order chi connectivity index (χ1) is 7.20. The van der Waals surface area contributed by atoms with Crippen LogP contribution in [0.5, 0.6) is 0 Å². The summed E-state index contributed by atoms with van der Waals surface area (Å²) in [6.07, 6.45) is 3.13. The molecule has 15 heavy (non-hydrogen) atoms. The van der Waals surface area contributed by atoms with Gasteiger partial charge in [-0.15, -0.1) is 0 Å². The lowest BCUT2D eigenvalue weighted by Crippen LogP contribution is -2.46. The highest BCUT2D eigenvalue weighted by atomic mass is 16.3. The van der Waals surface area contributed by atoms with Crippen molar-refractivity contribution in [3.63, 3.8) is 0 Å². The number of nitrogens with zero attached hydrogens (tertiary/aromatic N) is 1. The summed E-state index contributed by atoms with van der Waals surface area (Å²) < 4.78 is 1.57. The minimum Gasteiger partial charge on any atom is -0.388 e. The summed E-state index contributed by atoms with van der Waals surface area (Å²) in [7, 11) is 0. The molecule has 1 aromatic rings. The number of nitrogens with one attached hydrogen (secondary N) is 1. The fraction of sp³-hybridized carbons (Fsp3) is 0.545. The molecule has 0 radical (unpaired) electrons. The molecule has 0 saturated carbocycles. The lowest BCUT2D eigenvalue weighted by atomic mass is 9.92. The molecule has 82 valence electrons. The zero-order valence-electron chi connectivity index (χ0n) is 8.65. The maximum Gasteiger partial charge on any atom is 0.250 e. The summed E-state index contributed by atoms with van der Waals surface area (Å²) in [5, 5.41) is 13.4. The third-order valence-electron chi connectivity index (χ3n) is 2.90. The molecule has 4 heteroatoms. The maximum absolute atomic E-state index is 11.5. The Kier molecular flexibility index (Phi) is 2.88. The molecule has 0 atom stereocenters. The molecule has 0 aromatic carbocycles. The maximum atomic E-state index is 11.5. The monoisotopic (exact) mass is 208 g/mol. The Labute approximate surface area is 88.6 Å². The number of pyridine rings is 1. The fourth-order valence-electron chi connectivity index (χ4n) is 1.96. The Balaban J connectivity index is 2.14. The van der Waals surface area contributed by atoms with Gasteiger partial charge in [0.2, 0.25) is 0 Å². The zero-order valence-corrected chi connectivity index (χ0v) is 8.65. The SMILES string of the molecule is O=c1ccccn1CC1(O)CCNCC1. The number of rotatable bonds is 2. The van der Waals surface area contributed by atoms with Gasteiger partial charge in [0.1, 0.15) is 0 Å². The van der Waals surface area contributed by atoms with E-state index in [1.807, 2.05) is 6.07 Å². The van der Waals surface area contributed by atoms with E-state index < -0.39 is 5.60 Å². The predicted octanol–water partition coefficient (Wildman–Crippen LogP) is -0.0372. The van der Waals surface area contributed by atoms with Crippen molar-refractivity contribution in [3.8, 4) is 0 Å². The highest BCUT2D eigenvalue weighted by molar-refractivity contribution is 4.95. The van der Waals surface area contributed by atoms with E-state index in [1.165, 1.54) is 6.07 Å². The summed E-state index contributed by atoms with van der Waals surface area (Å²) >= 11 is 0. The first kappa shape index (κ1) is 10.4. The van der Waals surface area contributed by atoms with Crippen LogP contribution in [0.2, 0.25) is 0 Å².